The topological polar surface area (TPSA) is 35.5 Å². The van der Waals surface area contributed by atoms with E-state index in [-0.39, 0.29) is 24.5 Å². The van der Waals surface area contributed by atoms with Gasteiger partial charge in [-0.1, -0.05) is 42.0 Å². The molecule has 0 atom stereocenters. The standard InChI is InChI=1S/C28H31FO3/c1-18(2)32-28(30)17-31-27-12-9-20(4)26(21(27)5)11-10-22-13-19(3)14-24(15-22)23-7-6-8-25(29)16-23/h6-9,12-16,18H,10-11,17H2,1-5H3. The minimum Gasteiger partial charge on any atom is -0.482 e. The largest absolute Gasteiger partial charge is 0.482 e. The first kappa shape index (κ1) is 23.5. The smallest absolute Gasteiger partial charge is 0.344 e. The van der Waals surface area contributed by atoms with Crippen LogP contribution in [0.5, 0.6) is 5.75 Å². The Kier molecular flexibility index (Phi) is 7.68. The number of aryl methyl sites for hydroxylation is 3. The number of hydrogen-bond donors (Lipinski definition) is 0. The summed E-state index contributed by atoms with van der Waals surface area (Å²) >= 11 is 0. The van der Waals surface area contributed by atoms with Crippen LogP contribution >= 0.6 is 0 Å². The van der Waals surface area contributed by atoms with Crippen LogP contribution in [0, 0.1) is 26.6 Å². The fourth-order valence-electron chi connectivity index (χ4n) is 3.96. The second-order valence-electron chi connectivity index (χ2n) is 8.53. The number of benzene rings is 3. The van der Waals surface area contributed by atoms with Crippen molar-refractivity contribution in [3.8, 4) is 16.9 Å². The molecule has 0 heterocycles. The molecule has 0 aromatic heterocycles. The van der Waals surface area contributed by atoms with Gasteiger partial charge in [-0.05, 0) is 99.0 Å². The van der Waals surface area contributed by atoms with Crippen molar-refractivity contribution in [3.05, 3.63) is 88.2 Å². The summed E-state index contributed by atoms with van der Waals surface area (Å²) in [5, 5.41) is 0. The third kappa shape index (κ3) is 6.19. The number of carbonyl (C=O) groups is 1. The minimum absolute atomic E-state index is 0.101. The summed E-state index contributed by atoms with van der Waals surface area (Å²) in [6.07, 6.45) is 1.54. The summed E-state index contributed by atoms with van der Waals surface area (Å²) in [7, 11) is 0. The van der Waals surface area contributed by atoms with Crippen LogP contribution in [-0.4, -0.2) is 18.7 Å². The molecule has 0 spiro atoms. The van der Waals surface area contributed by atoms with E-state index in [4.69, 9.17) is 9.47 Å². The zero-order valence-corrected chi connectivity index (χ0v) is 19.5. The molecule has 3 aromatic rings. The van der Waals surface area contributed by atoms with Crippen LogP contribution in [0.25, 0.3) is 11.1 Å². The Bertz CT molecular complexity index is 1100. The zero-order chi connectivity index (χ0) is 23.3. The highest BCUT2D eigenvalue weighted by atomic mass is 19.1. The van der Waals surface area contributed by atoms with Gasteiger partial charge in [0.2, 0.25) is 0 Å². The van der Waals surface area contributed by atoms with Gasteiger partial charge in [0.1, 0.15) is 11.6 Å². The van der Waals surface area contributed by atoms with E-state index in [1.54, 1.807) is 12.1 Å². The van der Waals surface area contributed by atoms with Crippen LogP contribution in [0.15, 0.2) is 54.6 Å². The normalized spacial score (nSPS) is 11.0. The Morgan fingerprint density at radius 1 is 0.938 bits per heavy atom. The molecule has 0 fully saturated rings. The number of esters is 1. The monoisotopic (exact) mass is 434 g/mol. The van der Waals surface area contributed by atoms with Crippen LogP contribution in [0.1, 0.15) is 41.7 Å². The lowest BCUT2D eigenvalue weighted by Gasteiger charge is -2.16. The quantitative estimate of drug-likeness (QED) is 0.378. The van der Waals surface area contributed by atoms with E-state index in [0.29, 0.717) is 5.75 Å². The Labute approximate surface area is 190 Å². The Hall–Kier alpha value is -3.14. The van der Waals surface area contributed by atoms with Gasteiger partial charge in [-0.3, -0.25) is 0 Å². The third-order valence-electron chi connectivity index (χ3n) is 5.45. The van der Waals surface area contributed by atoms with Crippen LogP contribution in [-0.2, 0) is 22.4 Å². The molecule has 0 N–H and O–H groups in total. The molecule has 0 aliphatic carbocycles. The zero-order valence-electron chi connectivity index (χ0n) is 19.5. The molecule has 0 bridgehead atoms. The van der Waals surface area contributed by atoms with Crippen molar-refractivity contribution in [2.24, 2.45) is 0 Å². The van der Waals surface area contributed by atoms with Crippen molar-refractivity contribution in [1.29, 1.82) is 0 Å². The average Bonchev–Trinajstić information content (AvgIpc) is 2.72. The highest BCUT2D eigenvalue weighted by Crippen LogP contribution is 2.28. The number of halogens is 1. The summed E-state index contributed by atoms with van der Waals surface area (Å²) in [4.78, 5) is 11.8. The van der Waals surface area contributed by atoms with Crippen LogP contribution < -0.4 is 4.74 Å². The fraction of sp³-hybridized carbons (Fsp3) is 0.321. The maximum absolute atomic E-state index is 13.7. The van der Waals surface area contributed by atoms with Crippen molar-refractivity contribution in [2.45, 2.75) is 53.6 Å². The molecule has 3 aromatic carbocycles. The van der Waals surface area contributed by atoms with E-state index in [0.717, 1.165) is 35.1 Å². The van der Waals surface area contributed by atoms with Gasteiger partial charge in [-0.25, -0.2) is 9.18 Å². The molecule has 0 radical (unpaired) electrons. The van der Waals surface area contributed by atoms with E-state index >= 15 is 0 Å². The lowest BCUT2D eigenvalue weighted by molar-refractivity contribution is -0.149. The minimum atomic E-state index is -0.369. The second kappa shape index (κ2) is 10.4. The molecule has 4 heteroatoms. The summed E-state index contributed by atoms with van der Waals surface area (Å²) < 4.78 is 24.6. The molecule has 32 heavy (non-hydrogen) atoms. The lowest BCUT2D eigenvalue weighted by atomic mass is 9.93. The van der Waals surface area contributed by atoms with Gasteiger partial charge in [0.25, 0.3) is 0 Å². The molecule has 0 aliphatic heterocycles. The van der Waals surface area contributed by atoms with Crippen LogP contribution in [0.3, 0.4) is 0 Å². The first-order chi connectivity index (χ1) is 15.2. The maximum atomic E-state index is 13.7. The Morgan fingerprint density at radius 2 is 1.72 bits per heavy atom. The lowest BCUT2D eigenvalue weighted by Crippen LogP contribution is -2.19. The van der Waals surface area contributed by atoms with Gasteiger partial charge >= 0.3 is 5.97 Å². The van der Waals surface area contributed by atoms with Crippen molar-refractivity contribution in [2.75, 3.05) is 6.61 Å². The van der Waals surface area contributed by atoms with Crippen LogP contribution in [0.2, 0.25) is 0 Å². The second-order valence-corrected chi connectivity index (χ2v) is 8.53. The average molecular weight is 435 g/mol. The van der Waals surface area contributed by atoms with E-state index in [1.165, 1.54) is 22.8 Å². The van der Waals surface area contributed by atoms with Gasteiger partial charge in [0.05, 0.1) is 6.10 Å². The SMILES string of the molecule is Cc1cc(CCc2c(C)ccc(OCC(=O)OC(C)C)c2C)cc(-c2cccc(F)c2)c1. The molecule has 0 saturated carbocycles. The molecule has 168 valence electrons. The molecule has 0 saturated heterocycles. The van der Waals surface area contributed by atoms with Gasteiger partial charge in [0, 0.05) is 0 Å². The van der Waals surface area contributed by atoms with Crippen molar-refractivity contribution in [3.63, 3.8) is 0 Å². The Balaban J connectivity index is 1.76. The summed E-state index contributed by atoms with van der Waals surface area (Å²) in [5.41, 5.74) is 7.71. The van der Waals surface area contributed by atoms with E-state index in [9.17, 15) is 9.18 Å². The van der Waals surface area contributed by atoms with Gasteiger partial charge in [-0.2, -0.15) is 0 Å². The third-order valence-corrected chi connectivity index (χ3v) is 5.45. The van der Waals surface area contributed by atoms with Crippen molar-refractivity contribution < 1.29 is 18.7 Å². The van der Waals surface area contributed by atoms with Gasteiger partial charge in [0.15, 0.2) is 6.61 Å². The molecule has 3 rings (SSSR count). The van der Waals surface area contributed by atoms with Crippen molar-refractivity contribution in [1.82, 2.24) is 0 Å². The Morgan fingerprint density at radius 3 is 2.44 bits per heavy atom. The molecule has 0 unspecified atom stereocenters. The number of rotatable bonds is 8. The molecular formula is C28H31FO3. The predicted molar refractivity (Wildman–Crippen MR) is 127 cm³/mol. The number of ether oxygens (including phenoxy) is 2. The molecular weight excluding hydrogens is 403 g/mol. The van der Waals surface area contributed by atoms with E-state index in [1.807, 2.05) is 39.0 Å². The van der Waals surface area contributed by atoms with Crippen molar-refractivity contribution >= 4 is 5.97 Å². The number of carbonyl (C=O) groups excluding carboxylic acids is 1. The first-order valence-electron chi connectivity index (χ1n) is 11.0. The highest BCUT2D eigenvalue weighted by molar-refractivity contribution is 5.71. The van der Waals surface area contributed by atoms with Gasteiger partial charge in [-0.15, -0.1) is 0 Å². The molecule has 0 aliphatic rings. The highest BCUT2D eigenvalue weighted by Gasteiger charge is 2.12. The maximum Gasteiger partial charge on any atom is 0.344 e. The predicted octanol–water partition coefficient (Wildman–Crippen LogP) is 6.53. The first-order valence-corrected chi connectivity index (χ1v) is 11.0. The summed E-state index contributed by atoms with van der Waals surface area (Å²) in [6.45, 7) is 9.72. The van der Waals surface area contributed by atoms with Gasteiger partial charge < -0.3 is 9.47 Å². The molecule has 3 nitrogen and oxygen atoms in total. The summed E-state index contributed by atoms with van der Waals surface area (Å²) in [5.74, 6) is 0.105. The fourth-order valence-corrected chi connectivity index (χ4v) is 3.96. The number of hydrogen-bond acceptors (Lipinski definition) is 3. The van der Waals surface area contributed by atoms with Crippen LogP contribution in [0.4, 0.5) is 4.39 Å². The van der Waals surface area contributed by atoms with E-state index in [2.05, 4.69) is 32.0 Å². The van der Waals surface area contributed by atoms with E-state index < -0.39 is 0 Å². The molecule has 0 amide bonds. The summed E-state index contributed by atoms with van der Waals surface area (Å²) in [6, 6.07) is 17.0.